The number of carbonyl (C=O) groups excluding carboxylic acids is 2. The zero-order valence-electron chi connectivity index (χ0n) is 15.1. The van der Waals surface area contributed by atoms with E-state index in [1.807, 2.05) is 18.2 Å². The molecule has 0 radical (unpaired) electrons. The molecule has 0 spiro atoms. The summed E-state index contributed by atoms with van der Waals surface area (Å²) >= 11 is 0. The third-order valence-corrected chi connectivity index (χ3v) is 4.52. The molecule has 6 heteroatoms. The lowest BCUT2D eigenvalue weighted by Gasteiger charge is -2.34. The Kier molecular flexibility index (Phi) is 7.10. The Morgan fingerprint density at radius 2 is 1.76 bits per heavy atom. The van der Waals surface area contributed by atoms with Crippen molar-refractivity contribution in [3.8, 4) is 0 Å². The first-order valence-corrected chi connectivity index (χ1v) is 8.82. The second kappa shape index (κ2) is 9.30. The SMILES string of the molecule is CCOC(=O)C1N=NCC(C(C)Cc2ccccc2)C1C(=O)OCC. The summed E-state index contributed by atoms with van der Waals surface area (Å²) in [5.41, 5.74) is 1.19. The van der Waals surface area contributed by atoms with Crippen LogP contribution in [-0.2, 0) is 25.5 Å². The van der Waals surface area contributed by atoms with E-state index in [1.54, 1.807) is 13.8 Å². The zero-order chi connectivity index (χ0) is 18.2. The average molecular weight is 346 g/mol. The molecule has 2 rings (SSSR count). The van der Waals surface area contributed by atoms with Crippen LogP contribution in [0.15, 0.2) is 40.6 Å². The van der Waals surface area contributed by atoms with Gasteiger partial charge in [0, 0.05) is 0 Å². The first-order chi connectivity index (χ1) is 12.1. The van der Waals surface area contributed by atoms with Crippen molar-refractivity contribution in [3.05, 3.63) is 35.9 Å². The smallest absolute Gasteiger partial charge is 0.333 e. The third kappa shape index (κ3) is 4.87. The van der Waals surface area contributed by atoms with Crippen LogP contribution in [0.4, 0.5) is 0 Å². The quantitative estimate of drug-likeness (QED) is 0.711. The van der Waals surface area contributed by atoms with Crippen LogP contribution in [0.1, 0.15) is 26.3 Å². The molecule has 0 aliphatic carbocycles. The summed E-state index contributed by atoms with van der Waals surface area (Å²) in [5.74, 6) is -1.54. The first kappa shape index (κ1) is 19.1. The van der Waals surface area contributed by atoms with Crippen LogP contribution in [0.25, 0.3) is 0 Å². The van der Waals surface area contributed by atoms with E-state index >= 15 is 0 Å². The number of ether oxygens (including phenoxy) is 2. The van der Waals surface area contributed by atoms with Crippen molar-refractivity contribution in [2.45, 2.75) is 33.2 Å². The average Bonchev–Trinajstić information content (AvgIpc) is 2.62. The third-order valence-electron chi connectivity index (χ3n) is 4.52. The predicted molar refractivity (Wildman–Crippen MR) is 93.1 cm³/mol. The van der Waals surface area contributed by atoms with Crippen molar-refractivity contribution >= 4 is 11.9 Å². The largest absolute Gasteiger partial charge is 0.466 e. The summed E-state index contributed by atoms with van der Waals surface area (Å²) in [4.78, 5) is 24.8. The van der Waals surface area contributed by atoms with Crippen molar-refractivity contribution < 1.29 is 19.1 Å². The van der Waals surface area contributed by atoms with Gasteiger partial charge >= 0.3 is 11.9 Å². The van der Waals surface area contributed by atoms with Crippen LogP contribution in [0, 0.1) is 17.8 Å². The van der Waals surface area contributed by atoms with Crippen LogP contribution < -0.4 is 0 Å². The summed E-state index contributed by atoms with van der Waals surface area (Å²) < 4.78 is 10.3. The van der Waals surface area contributed by atoms with Gasteiger partial charge in [0.05, 0.1) is 25.7 Å². The van der Waals surface area contributed by atoms with Crippen molar-refractivity contribution in [2.24, 2.45) is 28.0 Å². The van der Waals surface area contributed by atoms with Gasteiger partial charge in [-0.25, -0.2) is 4.79 Å². The predicted octanol–water partition coefficient (Wildman–Crippen LogP) is 3.06. The second-order valence-corrected chi connectivity index (χ2v) is 6.25. The molecule has 4 unspecified atom stereocenters. The topological polar surface area (TPSA) is 77.3 Å². The number of hydrogen-bond acceptors (Lipinski definition) is 6. The molecule has 0 fully saturated rings. The molecule has 25 heavy (non-hydrogen) atoms. The lowest BCUT2D eigenvalue weighted by atomic mass is 9.75. The van der Waals surface area contributed by atoms with Gasteiger partial charge < -0.3 is 9.47 Å². The summed E-state index contributed by atoms with van der Waals surface area (Å²) in [7, 11) is 0. The van der Waals surface area contributed by atoms with Crippen LogP contribution >= 0.6 is 0 Å². The van der Waals surface area contributed by atoms with Gasteiger partial charge in [-0.1, -0.05) is 37.3 Å². The van der Waals surface area contributed by atoms with Crippen molar-refractivity contribution in [1.29, 1.82) is 0 Å². The molecule has 136 valence electrons. The number of nitrogens with zero attached hydrogens (tertiary/aromatic N) is 2. The van der Waals surface area contributed by atoms with E-state index in [1.165, 1.54) is 5.56 Å². The van der Waals surface area contributed by atoms with E-state index in [2.05, 4.69) is 29.3 Å². The molecule has 0 saturated carbocycles. The van der Waals surface area contributed by atoms with Crippen LogP contribution in [0.2, 0.25) is 0 Å². The summed E-state index contributed by atoms with van der Waals surface area (Å²) in [6.45, 7) is 6.48. The second-order valence-electron chi connectivity index (χ2n) is 6.25. The van der Waals surface area contributed by atoms with E-state index in [-0.39, 0.29) is 25.0 Å². The van der Waals surface area contributed by atoms with E-state index in [4.69, 9.17) is 9.47 Å². The minimum atomic E-state index is -0.920. The Labute approximate surface area is 148 Å². The van der Waals surface area contributed by atoms with Crippen LogP contribution in [0.5, 0.6) is 0 Å². The van der Waals surface area contributed by atoms with Gasteiger partial charge in [0.1, 0.15) is 0 Å². The molecule has 1 aliphatic heterocycles. The monoisotopic (exact) mass is 346 g/mol. The maximum absolute atomic E-state index is 12.6. The number of esters is 2. The van der Waals surface area contributed by atoms with Crippen molar-refractivity contribution in [3.63, 3.8) is 0 Å². The molecular weight excluding hydrogens is 320 g/mol. The Hall–Kier alpha value is -2.24. The summed E-state index contributed by atoms with van der Waals surface area (Å²) in [6, 6.07) is 9.16. The van der Waals surface area contributed by atoms with E-state index < -0.39 is 23.9 Å². The Morgan fingerprint density at radius 1 is 1.12 bits per heavy atom. The molecule has 0 N–H and O–H groups in total. The van der Waals surface area contributed by atoms with Crippen LogP contribution in [-0.4, -0.2) is 37.7 Å². The molecule has 1 aliphatic rings. The lowest BCUT2D eigenvalue weighted by Crippen LogP contribution is -2.46. The summed E-state index contributed by atoms with van der Waals surface area (Å²) in [5, 5.41) is 8.14. The highest BCUT2D eigenvalue weighted by Crippen LogP contribution is 2.33. The molecule has 0 saturated heterocycles. The molecule has 1 aromatic carbocycles. The molecule has 1 aromatic rings. The summed E-state index contributed by atoms with van der Waals surface area (Å²) in [6.07, 6.45) is 0.798. The van der Waals surface area contributed by atoms with Crippen LogP contribution in [0.3, 0.4) is 0 Å². The van der Waals surface area contributed by atoms with Gasteiger partial charge in [0.15, 0.2) is 6.04 Å². The van der Waals surface area contributed by atoms with Crippen molar-refractivity contribution in [1.82, 2.24) is 0 Å². The van der Waals surface area contributed by atoms with E-state index in [0.29, 0.717) is 6.54 Å². The lowest BCUT2D eigenvalue weighted by molar-refractivity contribution is -0.160. The molecule has 0 aromatic heterocycles. The van der Waals surface area contributed by atoms with Gasteiger partial charge in [-0.2, -0.15) is 10.2 Å². The molecular formula is C19H26N2O4. The molecule has 1 heterocycles. The zero-order valence-corrected chi connectivity index (χ0v) is 15.1. The highest BCUT2D eigenvalue weighted by Gasteiger charge is 2.45. The Balaban J connectivity index is 2.22. The number of benzene rings is 1. The Bertz CT molecular complexity index is 603. The van der Waals surface area contributed by atoms with Crippen molar-refractivity contribution in [2.75, 3.05) is 19.8 Å². The number of azo groups is 1. The van der Waals surface area contributed by atoms with Gasteiger partial charge in [-0.15, -0.1) is 0 Å². The number of hydrogen-bond donors (Lipinski definition) is 0. The maximum atomic E-state index is 12.6. The minimum absolute atomic E-state index is 0.119. The highest BCUT2D eigenvalue weighted by molar-refractivity contribution is 5.85. The minimum Gasteiger partial charge on any atom is -0.466 e. The van der Waals surface area contributed by atoms with Gasteiger partial charge in [0.2, 0.25) is 0 Å². The number of carbonyl (C=O) groups is 2. The molecule has 6 nitrogen and oxygen atoms in total. The van der Waals surface area contributed by atoms with Gasteiger partial charge in [-0.05, 0) is 37.7 Å². The fourth-order valence-electron chi connectivity index (χ4n) is 3.28. The van der Waals surface area contributed by atoms with Gasteiger partial charge in [-0.3, -0.25) is 4.79 Å². The molecule has 0 amide bonds. The van der Waals surface area contributed by atoms with Gasteiger partial charge in [0.25, 0.3) is 0 Å². The van der Waals surface area contributed by atoms with E-state index in [9.17, 15) is 9.59 Å². The first-order valence-electron chi connectivity index (χ1n) is 8.82. The standard InChI is InChI=1S/C19H26N2O4/c1-4-24-18(22)16-15(12-20-21-17(16)19(23)25-5-2)13(3)11-14-9-7-6-8-10-14/h6-10,13,15-17H,4-5,11-12H2,1-3H3. The fraction of sp³-hybridized carbons (Fsp3) is 0.579. The Morgan fingerprint density at radius 3 is 2.40 bits per heavy atom. The normalized spacial score (nSPS) is 23.7. The highest BCUT2D eigenvalue weighted by atomic mass is 16.5. The molecule has 4 atom stereocenters. The molecule has 0 bridgehead atoms. The maximum Gasteiger partial charge on any atom is 0.333 e. The fourth-order valence-corrected chi connectivity index (χ4v) is 3.28. The number of rotatable bonds is 7. The van der Waals surface area contributed by atoms with E-state index in [0.717, 1.165) is 6.42 Å².